The van der Waals surface area contributed by atoms with E-state index in [4.69, 9.17) is 21.3 Å². The van der Waals surface area contributed by atoms with Crippen molar-refractivity contribution in [3.63, 3.8) is 0 Å². The number of para-hydroxylation sites is 2. The Kier molecular flexibility index (Phi) is 6.39. The van der Waals surface area contributed by atoms with Gasteiger partial charge in [-0.3, -0.25) is 0 Å². The zero-order valence-corrected chi connectivity index (χ0v) is 24.5. The molecule has 0 unspecified atom stereocenters. The molecule has 0 fully saturated rings. The van der Waals surface area contributed by atoms with Crippen molar-refractivity contribution in [2.45, 2.75) is 32.6 Å². The number of aromatic nitrogens is 2. The van der Waals surface area contributed by atoms with Crippen molar-refractivity contribution >= 4 is 37.0 Å². The first-order valence-corrected chi connectivity index (χ1v) is 15.3. The maximum atomic E-state index is 6.52. The highest BCUT2D eigenvalue weighted by Gasteiger charge is 2.45. The van der Waals surface area contributed by atoms with Gasteiger partial charge in [0.05, 0.1) is 5.75 Å². The Morgan fingerprint density at radius 1 is 0.610 bits per heavy atom. The summed E-state index contributed by atoms with van der Waals surface area (Å²) in [7, 11) is 0. The first-order valence-electron chi connectivity index (χ1n) is 13.9. The molecule has 4 aromatic carbocycles. The number of nitrogens with zero attached hydrogens (tertiary/aromatic N) is 2. The molecule has 0 amide bonds. The van der Waals surface area contributed by atoms with Gasteiger partial charge in [0.25, 0.3) is 0 Å². The van der Waals surface area contributed by atoms with Crippen molar-refractivity contribution in [3.05, 3.63) is 126 Å². The van der Waals surface area contributed by atoms with Crippen LogP contribution in [-0.4, -0.2) is 25.1 Å². The molecule has 1 aliphatic heterocycles. The standard InChI is InChI=1S/C19H14N2O2.C16H18O.Al/c22-16-5-1-3-12-7-9-14(20-18(12)16)11-15-10-8-13-4-2-6-17(23)19(13)21-15;1-16(2,3)14-8-4-12(5-9-14)13-6-10-15(17)11-7-13;/h1-10,22-23H,11H2;4-11,17H,1-3H3;/q;;+3/p-3. The van der Waals surface area contributed by atoms with Crippen molar-refractivity contribution in [1.82, 2.24) is 9.97 Å². The summed E-state index contributed by atoms with van der Waals surface area (Å²) in [5.41, 5.74) is 7.17. The van der Waals surface area contributed by atoms with E-state index >= 15 is 0 Å². The molecule has 5 nitrogen and oxygen atoms in total. The molecule has 2 aromatic heterocycles. The summed E-state index contributed by atoms with van der Waals surface area (Å²) in [6.07, 6.45) is 0.622. The van der Waals surface area contributed by atoms with Crippen LogP contribution in [0.15, 0.2) is 109 Å². The fourth-order valence-corrected chi connectivity index (χ4v) is 6.49. The highest BCUT2D eigenvalue weighted by molar-refractivity contribution is 6.40. The number of benzene rings is 4. The van der Waals surface area contributed by atoms with E-state index in [1.54, 1.807) is 0 Å². The molecule has 3 heterocycles. The molecule has 0 atom stereocenters. The van der Waals surface area contributed by atoms with Crippen LogP contribution < -0.4 is 11.4 Å². The van der Waals surface area contributed by atoms with Crippen molar-refractivity contribution < 1.29 is 11.4 Å². The average molecular weight is 553 g/mol. The summed E-state index contributed by atoms with van der Waals surface area (Å²) in [6, 6.07) is 37.0. The Labute approximate surface area is 244 Å². The second-order valence-electron chi connectivity index (χ2n) is 11.4. The van der Waals surface area contributed by atoms with Gasteiger partial charge in [-0.1, -0.05) is 93.6 Å². The Bertz CT molecular complexity index is 1790. The second kappa shape index (κ2) is 10.2. The highest BCUT2D eigenvalue weighted by Crippen LogP contribution is 2.31. The lowest BCUT2D eigenvalue weighted by Gasteiger charge is -2.20. The van der Waals surface area contributed by atoms with Crippen LogP contribution in [0.4, 0.5) is 0 Å². The van der Waals surface area contributed by atoms with Crippen LogP contribution in [0, 0.1) is 0 Å². The lowest BCUT2D eigenvalue weighted by atomic mass is 9.86. The van der Waals surface area contributed by atoms with E-state index in [9.17, 15) is 0 Å². The minimum absolute atomic E-state index is 0.122. The lowest BCUT2D eigenvalue weighted by Crippen LogP contribution is -2.37. The molecule has 0 saturated carbocycles. The molecular weight excluding hydrogens is 523 g/mol. The second-order valence-corrected chi connectivity index (χ2v) is 12.7. The Morgan fingerprint density at radius 2 is 1.12 bits per heavy atom. The molecule has 41 heavy (non-hydrogen) atoms. The van der Waals surface area contributed by atoms with Crippen LogP contribution in [0.5, 0.6) is 17.2 Å². The van der Waals surface area contributed by atoms with Crippen LogP contribution in [0.25, 0.3) is 32.9 Å². The minimum atomic E-state index is -2.82. The third-order valence-corrected chi connectivity index (χ3v) is 8.82. The fourth-order valence-electron chi connectivity index (χ4n) is 5.17. The SMILES string of the molecule is CC(C)(C)c1ccc(-c2ccc([O][Al]3[O]c4cccc5ccc(nc45)Cc4ccc5cccc(c5n4)[O]3)cc2)cc1. The number of hydrogen-bond donors (Lipinski definition) is 0. The van der Waals surface area contributed by atoms with Crippen molar-refractivity contribution in [2.24, 2.45) is 0 Å². The van der Waals surface area contributed by atoms with Gasteiger partial charge in [0, 0.05) is 28.6 Å². The summed E-state index contributed by atoms with van der Waals surface area (Å²) in [6.45, 7) is 6.68. The average Bonchev–Trinajstić information content (AvgIpc) is 2.97. The first-order chi connectivity index (χ1) is 19.9. The normalized spacial score (nSPS) is 13.0. The summed E-state index contributed by atoms with van der Waals surface area (Å²) in [5, 5.41) is 2.00. The third-order valence-electron chi connectivity index (χ3n) is 7.46. The molecule has 0 aliphatic carbocycles. The van der Waals surface area contributed by atoms with Crippen LogP contribution in [-0.2, 0) is 11.8 Å². The molecule has 7 rings (SSSR count). The van der Waals surface area contributed by atoms with Crippen LogP contribution in [0.3, 0.4) is 0 Å². The van der Waals surface area contributed by atoms with E-state index in [0.29, 0.717) is 23.7 Å². The monoisotopic (exact) mass is 552 g/mol. The van der Waals surface area contributed by atoms with Crippen molar-refractivity contribution in [1.29, 1.82) is 0 Å². The number of pyridine rings is 2. The van der Waals surface area contributed by atoms with Gasteiger partial charge >= 0.3 is 15.1 Å². The van der Waals surface area contributed by atoms with E-state index in [1.165, 1.54) is 5.56 Å². The van der Waals surface area contributed by atoms with Crippen LogP contribution >= 0.6 is 0 Å². The highest BCUT2D eigenvalue weighted by atomic mass is 27.3. The minimum Gasteiger partial charge on any atom is -0.577 e. The Morgan fingerprint density at radius 3 is 1.63 bits per heavy atom. The Hall–Kier alpha value is -4.37. The zero-order valence-electron chi connectivity index (χ0n) is 23.3. The summed E-state index contributed by atoms with van der Waals surface area (Å²) < 4.78 is 19.5. The smallest absolute Gasteiger partial charge is 0.577 e. The predicted octanol–water partition coefficient (Wildman–Crippen LogP) is 8.17. The molecule has 0 N–H and O–H groups in total. The van der Waals surface area contributed by atoms with Gasteiger partial charge in [-0.05, 0) is 58.5 Å². The number of rotatable bonds is 3. The van der Waals surface area contributed by atoms with Crippen molar-refractivity contribution in [3.8, 4) is 28.4 Å². The van der Waals surface area contributed by atoms with Crippen LogP contribution in [0.2, 0.25) is 0 Å². The van der Waals surface area contributed by atoms with Gasteiger partial charge in [0.15, 0.2) is 0 Å². The Balaban J connectivity index is 1.24. The first kappa shape index (κ1) is 25.6. The largest absolute Gasteiger partial charge is 1.20 e. The molecule has 200 valence electrons. The maximum absolute atomic E-state index is 6.52. The van der Waals surface area contributed by atoms with Gasteiger partial charge in [0.2, 0.25) is 0 Å². The molecule has 0 spiro atoms. The van der Waals surface area contributed by atoms with Gasteiger partial charge in [-0.15, -0.1) is 0 Å². The van der Waals surface area contributed by atoms with E-state index in [0.717, 1.165) is 44.3 Å². The third kappa shape index (κ3) is 5.25. The molecular formula is C35H29AlN2O3. The van der Waals surface area contributed by atoms with E-state index in [1.807, 2.05) is 48.5 Å². The quantitative estimate of drug-likeness (QED) is 0.207. The van der Waals surface area contributed by atoms with Gasteiger partial charge in [0.1, 0.15) is 22.5 Å². The van der Waals surface area contributed by atoms with Crippen molar-refractivity contribution in [2.75, 3.05) is 0 Å². The van der Waals surface area contributed by atoms with E-state index in [2.05, 4.69) is 81.4 Å². The van der Waals surface area contributed by atoms with E-state index < -0.39 is 15.1 Å². The number of hydrogen-bond acceptors (Lipinski definition) is 5. The summed E-state index contributed by atoms with van der Waals surface area (Å²) >= 11 is -2.82. The predicted molar refractivity (Wildman–Crippen MR) is 165 cm³/mol. The van der Waals surface area contributed by atoms with Crippen LogP contribution in [0.1, 0.15) is 37.7 Å². The molecule has 6 heteroatoms. The fraction of sp³-hybridized carbons (Fsp3) is 0.143. The molecule has 1 aliphatic rings. The van der Waals surface area contributed by atoms with Gasteiger partial charge in [-0.2, -0.15) is 0 Å². The number of fused-ring (bicyclic) bond motifs is 2. The zero-order chi connectivity index (χ0) is 28.0. The van der Waals surface area contributed by atoms with E-state index in [-0.39, 0.29) is 5.41 Å². The maximum Gasteiger partial charge on any atom is 1.20 e. The topological polar surface area (TPSA) is 53.5 Å². The molecule has 0 radical (unpaired) electrons. The van der Waals surface area contributed by atoms with Gasteiger partial charge < -0.3 is 11.4 Å². The summed E-state index contributed by atoms with van der Waals surface area (Å²) in [4.78, 5) is 9.89. The summed E-state index contributed by atoms with van der Waals surface area (Å²) in [5.74, 6) is 1.99. The molecule has 6 aromatic rings. The lowest BCUT2D eigenvalue weighted by molar-refractivity contribution is 0.310. The van der Waals surface area contributed by atoms with Gasteiger partial charge in [-0.25, -0.2) is 9.97 Å². The molecule has 0 saturated heterocycles. The molecule has 4 bridgehead atoms.